The third kappa shape index (κ3) is 3.43. The van der Waals surface area contributed by atoms with Crippen LogP contribution in [-0.4, -0.2) is 40.6 Å². The van der Waals surface area contributed by atoms with Gasteiger partial charge in [-0.25, -0.2) is 0 Å². The molecule has 0 radical (unpaired) electrons. The van der Waals surface area contributed by atoms with Crippen molar-refractivity contribution in [2.45, 2.75) is 36.7 Å². The van der Waals surface area contributed by atoms with Gasteiger partial charge in [0.05, 0.1) is 12.2 Å². The zero-order chi connectivity index (χ0) is 18.2. The number of hydrogen-bond acceptors (Lipinski definition) is 3. The SMILES string of the molecule is C=CC1C[C@]1(NC(=O)C1CCCN1C)P(=O)(O)Cc1ccccc1Cl. The van der Waals surface area contributed by atoms with Crippen LogP contribution in [0.3, 0.4) is 0 Å². The van der Waals surface area contributed by atoms with Gasteiger partial charge in [0.2, 0.25) is 13.3 Å². The first kappa shape index (κ1) is 18.7. The van der Waals surface area contributed by atoms with Crippen LogP contribution in [0.25, 0.3) is 0 Å². The molecule has 1 aromatic carbocycles. The molecule has 1 aliphatic heterocycles. The quantitative estimate of drug-likeness (QED) is 0.585. The molecule has 1 saturated heterocycles. The Labute approximate surface area is 153 Å². The zero-order valence-electron chi connectivity index (χ0n) is 14.3. The Balaban J connectivity index is 1.82. The molecule has 7 heteroatoms. The number of benzene rings is 1. The Hall–Kier alpha value is -1.13. The second kappa shape index (κ2) is 6.88. The fraction of sp³-hybridized carbons (Fsp3) is 0.500. The van der Waals surface area contributed by atoms with E-state index in [0.717, 1.165) is 19.4 Å². The summed E-state index contributed by atoms with van der Waals surface area (Å²) in [5, 5.41) is 2.26. The molecule has 3 unspecified atom stereocenters. The van der Waals surface area contributed by atoms with Crippen molar-refractivity contribution in [1.29, 1.82) is 0 Å². The fourth-order valence-electron chi connectivity index (χ4n) is 3.72. The summed E-state index contributed by atoms with van der Waals surface area (Å²) in [6.07, 6.45) is 3.78. The third-order valence-corrected chi connectivity index (χ3v) is 8.41. The molecule has 3 rings (SSSR count). The lowest BCUT2D eigenvalue weighted by atomic mass is 10.2. The first-order valence-corrected chi connectivity index (χ1v) is 10.7. The molecule has 5 nitrogen and oxygen atoms in total. The number of halogens is 1. The monoisotopic (exact) mass is 382 g/mol. The van der Waals surface area contributed by atoms with Crippen molar-refractivity contribution >= 4 is 24.9 Å². The largest absolute Gasteiger partial charge is 0.342 e. The first-order valence-electron chi connectivity index (χ1n) is 8.51. The molecule has 0 spiro atoms. The Morgan fingerprint density at radius 1 is 1.56 bits per heavy atom. The summed E-state index contributed by atoms with van der Waals surface area (Å²) in [6.45, 7) is 4.62. The van der Waals surface area contributed by atoms with Crippen molar-refractivity contribution in [3.63, 3.8) is 0 Å². The fourth-order valence-corrected chi connectivity index (χ4v) is 6.43. The van der Waals surface area contributed by atoms with Crippen molar-refractivity contribution in [3.05, 3.63) is 47.5 Å². The van der Waals surface area contributed by atoms with E-state index in [2.05, 4.69) is 11.9 Å². The highest BCUT2D eigenvalue weighted by Crippen LogP contribution is 2.71. The molecule has 1 saturated carbocycles. The summed E-state index contributed by atoms with van der Waals surface area (Å²) in [5.41, 5.74) is 0.622. The van der Waals surface area contributed by atoms with Crippen LogP contribution in [-0.2, 0) is 15.5 Å². The molecule has 1 heterocycles. The number of rotatable bonds is 6. The van der Waals surface area contributed by atoms with Gasteiger partial charge in [-0.1, -0.05) is 35.9 Å². The molecule has 4 atom stereocenters. The van der Waals surface area contributed by atoms with Gasteiger partial charge in [-0.15, -0.1) is 6.58 Å². The number of likely N-dealkylation sites (tertiary alicyclic amines) is 1. The minimum absolute atomic E-state index is 0.0577. The van der Waals surface area contributed by atoms with Gasteiger partial charge >= 0.3 is 0 Å². The van der Waals surface area contributed by atoms with Gasteiger partial charge in [0.15, 0.2) is 0 Å². The number of hydrogen-bond donors (Lipinski definition) is 2. The summed E-state index contributed by atoms with van der Waals surface area (Å²) in [4.78, 5) is 25.5. The van der Waals surface area contributed by atoms with E-state index < -0.39 is 12.6 Å². The highest BCUT2D eigenvalue weighted by Gasteiger charge is 2.65. The van der Waals surface area contributed by atoms with Crippen LogP contribution in [0.15, 0.2) is 36.9 Å². The molecular weight excluding hydrogens is 359 g/mol. The van der Waals surface area contributed by atoms with E-state index in [-0.39, 0.29) is 24.0 Å². The molecule has 0 aromatic heterocycles. The topological polar surface area (TPSA) is 69.6 Å². The third-order valence-electron chi connectivity index (χ3n) is 5.40. The van der Waals surface area contributed by atoms with Crippen molar-refractivity contribution in [2.75, 3.05) is 13.6 Å². The lowest BCUT2D eigenvalue weighted by molar-refractivity contribution is -0.125. The van der Waals surface area contributed by atoms with E-state index in [1.807, 2.05) is 11.9 Å². The molecule has 1 aromatic rings. The highest BCUT2D eigenvalue weighted by atomic mass is 35.5. The number of nitrogens with zero attached hydrogens (tertiary/aromatic N) is 1. The smallest absolute Gasteiger partial charge is 0.238 e. The van der Waals surface area contributed by atoms with Crippen molar-refractivity contribution < 1.29 is 14.3 Å². The minimum Gasteiger partial charge on any atom is -0.342 e. The van der Waals surface area contributed by atoms with Crippen LogP contribution in [0.1, 0.15) is 24.8 Å². The van der Waals surface area contributed by atoms with Gasteiger partial charge in [-0.3, -0.25) is 14.3 Å². The lowest BCUT2D eigenvalue weighted by Crippen LogP contribution is -2.47. The van der Waals surface area contributed by atoms with E-state index >= 15 is 0 Å². The second-order valence-corrected chi connectivity index (χ2v) is 9.97. The molecule has 2 N–H and O–H groups in total. The molecule has 1 aliphatic carbocycles. The molecule has 2 fully saturated rings. The van der Waals surface area contributed by atoms with Gasteiger partial charge in [0.1, 0.15) is 5.28 Å². The highest BCUT2D eigenvalue weighted by molar-refractivity contribution is 7.59. The molecule has 0 bridgehead atoms. The second-order valence-electron chi connectivity index (χ2n) is 7.05. The Morgan fingerprint density at radius 3 is 2.84 bits per heavy atom. The lowest BCUT2D eigenvalue weighted by Gasteiger charge is -2.28. The molecule has 1 amide bonds. The number of likely N-dealkylation sites (N-methyl/N-ethyl adjacent to an activating group) is 1. The summed E-state index contributed by atoms with van der Waals surface area (Å²) < 4.78 is 13.2. The minimum atomic E-state index is -3.73. The maximum atomic E-state index is 13.2. The predicted octanol–water partition coefficient (Wildman–Crippen LogP) is 3.22. The zero-order valence-corrected chi connectivity index (χ0v) is 16.0. The van der Waals surface area contributed by atoms with Crippen LogP contribution in [0.5, 0.6) is 0 Å². The van der Waals surface area contributed by atoms with Gasteiger partial charge in [0, 0.05) is 10.9 Å². The predicted molar refractivity (Wildman–Crippen MR) is 99.8 cm³/mol. The van der Waals surface area contributed by atoms with Crippen LogP contribution in [0.4, 0.5) is 0 Å². The maximum absolute atomic E-state index is 13.2. The van der Waals surface area contributed by atoms with E-state index in [1.54, 1.807) is 30.3 Å². The van der Waals surface area contributed by atoms with Crippen molar-refractivity contribution in [2.24, 2.45) is 5.92 Å². The number of amides is 1. The number of carbonyl (C=O) groups is 1. The normalized spacial score (nSPS) is 31.3. The standard InChI is InChI=1S/C18H24ClN2O3P/c1-3-14-11-18(14,20-17(22)16-9-6-10-21(16)2)25(23,24)12-13-7-4-5-8-15(13)19/h3-5,7-8,14,16H,1,6,9-12H2,2H3,(H,20,22)(H,23,24)/t14?,16?,18-/m0/s1. The number of carbonyl (C=O) groups excluding carboxylic acids is 1. The maximum Gasteiger partial charge on any atom is 0.238 e. The average Bonchev–Trinajstić information content (AvgIpc) is 3.12. The average molecular weight is 383 g/mol. The molecule has 136 valence electrons. The molecule has 2 aliphatic rings. The van der Waals surface area contributed by atoms with Gasteiger partial charge in [-0.2, -0.15) is 0 Å². The summed E-state index contributed by atoms with van der Waals surface area (Å²) in [6, 6.07) is 6.79. The van der Waals surface area contributed by atoms with Crippen LogP contribution >= 0.6 is 19.0 Å². The van der Waals surface area contributed by atoms with E-state index in [0.29, 0.717) is 17.0 Å². The Morgan fingerprint density at radius 2 is 2.28 bits per heavy atom. The van der Waals surface area contributed by atoms with Crippen LogP contribution < -0.4 is 5.32 Å². The summed E-state index contributed by atoms with van der Waals surface area (Å²) in [5.74, 6) is -0.362. The van der Waals surface area contributed by atoms with Crippen molar-refractivity contribution in [1.82, 2.24) is 10.2 Å². The van der Waals surface area contributed by atoms with E-state index in [4.69, 9.17) is 11.6 Å². The van der Waals surface area contributed by atoms with Gasteiger partial charge < -0.3 is 10.2 Å². The summed E-state index contributed by atoms with van der Waals surface area (Å²) in [7, 11) is -1.82. The molecular formula is C18H24ClN2O3P. The summed E-state index contributed by atoms with van der Waals surface area (Å²) >= 11 is 6.15. The van der Waals surface area contributed by atoms with E-state index in [1.165, 1.54) is 0 Å². The first-order chi connectivity index (χ1) is 11.8. The van der Waals surface area contributed by atoms with E-state index in [9.17, 15) is 14.3 Å². The Bertz CT molecular complexity index is 741. The Kier molecular flexibility index (Phi) is 5.13. The van der Waals surface area contributed by atoms with Crippen LogP contribution in [0.2, 0.25) is 5.02 Å². The number of nitrogens with one attached hydrogen (secondary N) is 1. The van der Waals surface area contributed by atoms with Gasteiger partial charge in [0.25, 0.3) is 0 Å². The molecule has 25 heavy (non-hydrogen) atoms. The van der Waals surface area contributed by atoms with Crippen molar-refractivity contribution in [3.8, 4) is 0 Å². The van der Waals surface area contributed by atoms with Crippen LogP contribution in [0, 0.1) is 5.92 Å². The van der Waals surface area contributed by atoms with Gasteiger partial charge in [-0.05, 0) is 44.5 Å².